The molecule has 1 N–H and O–H groups in total. The molecule has 8 nitrogen and oxygen atoms in total. The summed E-state index contributed by atoms with van der Waals surface area (Å²) in [6, 6.07) is 3.61. The summed E-state index contributed by atoms with van der Waals surface area (Å²) in [4.78, 5) is 21.1. The quantitative estimate of drug-likeness (QED) is 0.774. The van der Waals surface area contributed by atoms with Crippen LogP contribution in [0.3, 0.4) is 0 Å². The van der Waals surface area contributed by atoms with E-state index < -0.39 is 5.66 Å². The Morgan fingerprint density at radius 1 is 1.19 bits per heavy atom. The van der Waals surface area contributed by atoms with E-state index in [1.807, 2.05) is 26.8 Å². The molecule has 134 valence electrons. The Labute approximate surface area is 152 Å². The van der Waals surface area contributed by atoms with Crippen molar-refractivity contribution in [3.63, 3.8) is 0 Å². The lowest BCUT2D eigenvalue weighted by Crippen LogP contribution is -2.28. The Hall–Kier alpha value is -3.08. The fraction of sp³-hybridized carbons (Fsp3) is 0.444. The van der Waals surface area contributed by atoms with Crippen molar-refractivity contribution in [3.8, 4) is 18.3 Å². The number of terminal acetylenes is 1. The molecular formula is C18H21N7O. The third-order valence-corrected chi connectivity index (χ3v) is 4.14. The van der Waals surface area contributed by atoms with Gasteiger partial charge in [0.1, 0.15) is 0 Å². The molecule has 0 unspecified atom stereocenters. The van der Waals surface area contributed by atoms with Gasteiger partial charge in [-0.3, -0.25) is 4.79 Å². The van der Waals surface area contributed by atoms with Gasteiger partial charge < -0.3 is 5.32 Å². The van der Waals surface area contributed by atoms with Gasteiger partial charge >= 0.3 is 0 Å². The first-order valence-corrected chi connectivity index (χ1v) is 8.47. The van der Waals surface area contributed by atoms with Gasteiger partial charge in [0.25, 0.3) is 11.9 Å². The molecule has 0 saturated heterocycles. The highest BCUT2D eigenvalue weighted by Gasteiger charge is 2.38. The van der Waals surface area contributed by atoms with Crippen molar-refractivity contribution >= 4 is 5.91 Å². The smallest absolute Gasteiger partial charge is 0.271 e. The summed E-state index contributed by atoms with van der Waals surface area (Å²) in [5.74, 6) is 2.80. The zero-order valence-electron chi connectivity index (χ0n) is 15.2. The first-order chi connectivity index (χ1) is 12.4. The van der Waals surface area contributed by atoms with Crippen LogP contribution in [0.2, 0.25) is 0 Å². The standard InChI is InChI=1S/C18H21N7O/c1-5-6-7-18(23-24-18)8-9-19-16(26)15-11-14(4)25(22-15)17-20-12(2)10-13(3)21-17/h1,10-11H,6-9H2,2-4H3,(H,19,26). The third-order valence-electron chi connectivity index (χ3n) is 4.14. The SMILES string of the molecule is C#CCCC1(CCNC(=O)c2cc(C)n(-c3nc(C)cc(C)n3)n2)N=N1. The van der Waals surface area contributed by atoms with E-state index in [9.17, 15) is 4.79 Å². The Morgan fingerprint density at radius 2 is 1.88 bits per heavy atom. The molecule has 2 aromatic rings. The summed E-state index contributed by atoms with van der Waals surface area (Å²) < 4.78 is 1.58. The number of nitrogens with one attached hydrogen (secondary N) is 1. The number of hydrogen-bond donors (Lipinski definition) is 1. The fourth-order valence-corrected chi connectivity index (χ4v) is 2.72. The number of aryl methyl sites for hydroxylation is 3. The molecule has 3 rings (SSSR count). The van der Waals surface area contributed by atoms with E-state index in [2.05, 4.69) is 36.5 Å². The number of carbonyl (C=O) groups excluding carboxylic acids is 1. The summed E-state index contributed by atoms with van der Waals surface area (Å²) >= 11 is 0. The number of nitrogens with zero attached hydrogens (tertiary/aromatic N) is 6. The Balaban J connectivity index is 1.63. The molecule has 8 heteroatoms. The van der Waals surface area contributed by atoms with Crippen molar-refractivity contribution < 1.29 is 4.79 Å². The molecule has 0 atom stereocenters. The Kier molecular flexibility index (Phi) is 4.80. The molecule has 0 aliphatic carbocycles. The molecule has 0 spiro atoms. The zero-order chi connectivity index (χ0) is 18.7. The normalized spacial score (nSPS) is 14.1. The molecule has 0 saturated carbocycles. The second-order valence-electron chi connectivity index (χ2n) is 6.43. The molecule has 1 aliphatic heterocycles. The highest BCUT2D eigenvalue weighted by atomic mass is 16.1. The lowest BCUT2D eigenvalue weighted by atomic mass is 10.0. The number of carbonyl (C=O) groups is 1. The van der Waals surface area contributed by atoms with Gasteiger partial charge in [-0.05, 0) is 32.9 Å². The van der Waals surface area contributed by atoms with Gasteiger partial charge in [0.2, 0.25) is 0 Å². The number of rotatable bonds is 7. The molecule has 0 bridgehead atoms. The second-order valence-corrected chi connectivity index (χ2v) is 6.43. The van der Waals surface area contributed by atoms with Gasteiger partial charge in [0.15, 0.2) is 11.4 Å². The van der Waals surface area contributed by atoms with Crippen molar-refractivity contribution in [2.75, 3.05) is 6.54 Å². The zero-order valence-corrected chi connectivity index (χ0v) is 15.2. The van der Waals surface area contributed by atoms with Gasteiger partial charge in [-0.2, -0.15) is 15.3 Å². The van der Waals surface area contributed by atoms with Crippen molar-refractivity contribution in [1.29, 1.82) is 0 Å². The minimum absolute atomic E-state index is 0.246. The predicted octanol–water partition coefficient (Wildman–Crippen LogP) is 2.28. The van der Waals surface area contributed by atoms with Crippen LogP contribution in [0.1, 0.15) is 46.8 Å². The highest BCUT2D eigenvalue weighted by molar-refractivity contribution is 5.92. The molecule has 3 heterocycles. The average Bonchev–Trinajstić information content (AvgIpc) is 3.24. The maximum atomic E-state index is 12.4. The van der Waals surface area contributed by atoms with Gasteiger partial charge in [-0.15, -0.1) is 12.3 Å². The van der Waals surface area contributed by atoms with Crippen LogP contribution >= 0.6 is 0 Å². The van der Waals surface area contributed by atoms with Crippen LogP contribution in [0.4, 0.5) is 0 Å². The maximum absolute atomic E-state index is 12.4. The molecule has 26 heavy (non-hydrogen) atoms. The molecule has 0 fully saturated rings. The van der Waals surface area contributed by atoms with Crippen molar-refractivity contribution in [2.45, 2.75) is 45.7 Å². The lowest BCUT2D eigenvalue weighted by molar-refractivity contribution is 0.0946. The minimum Gasteiger partial charge on any atom is -0.350 e. The second kappa shape index (κ2) is 7.04. The molecule has 1 aliphatic rings. The van der Waals surface area contributed by atoms with Gasteiger partial charge in [-0.1, -0.05) is 0 Å². The van der Waals surface area contributed by atoms with Crippen LogP contribution < -0.4 is 5.32 Å². The van der Waals surface area contributed by atoms with E-state index in [4.69, 9.17) is 6.42 Å². The topological polar surface area (TPSA) is 97.4 Å². The predicted molar refractivity (Wildman–Crippen MR) is 96.0 cm³/mol. The van der Waals surface area contributed by atoms with E-state index in [1.165, 1.54) is 0 Å². The van der Waals surface area contributed by atoms with Crippen LogP contribution in [0, 0.1) is 33.1 Å². The summed E-state index contributed by atoms with van der Waals surface area (Å²) in [6.45, 7) is 6.12. The van der Waals surface area contributed by atoms with Crippen molar-refractivity contribution in [3.05, 3.63) is 34.9 Å². The summed E-state index contributed by atoms with van der Waals surface area (Å²) in [6.07, 6.45) is 7.26. The van der Waals surface area contributed by atoms with Crippen LogP contribution in [0.25, 0.3) is 5.95 Å². The van der Waals surface area contributed by atoms with Crippen LogP contribution in [0.15, 0.2) is 22.4 Å². The average molecular weight is 351 g/mol. The lowest BCUT2D eigenvalue weighted by Gasteiger charge is -2.09. The summed E-state index contributed by atoms with van der Waals surface area (Å²) in [5, 5.41) is 15.3. The summed E-state index contributed by atoms with van der Waals surface area (Å²) in [5.41, 5.74) is 2.41. The molecule has 1 amide bonds. The van der Waals surface area contributed by atoms with Gasteiger partial charge in [0.05, 0.1) is 0 Å². The maximum Gasteiger partial charge on any atom is 0.271 e. The van der Waals surface area contributed by atoms with Crippen LogP contribution in [0.5, 0.6) is 0 Å². The largest absolute Gasteiger partial charge is 0.350 e. The van der Waals surface area contributed by atoms with E-state index >= 15 is 0 Å². The van der Waals surface area contributed by atoms with Crippen LogP contribution in [-0.2, 0) is 0 Å². The Bertz CT molecular complexity index is 880. The number of aromatic nitrogens is 4. The third kappa shape index (κ3) is 3.94. The Morgan fingerprint density at radius 3 is 2.50 bits per heavy atom. The van der Waals surface area contributed by atoms with E-state index in [0.29, 0.717) is 31.0 Å². The van der Waals surface area contributed by atoms with E-state index in [-0.39, 0.29) is 5.91 Å². The molecular weight excluding hydrogens is 330 g/mol. The van der Waals surface area contributed by atoms with Crippen LogP contribution in [-0.4, -0.2) is 37.9 Å². The number of amides is 1. The van der Waals surface area contributed by atoms with Gasteiger partial charge in [0, 0.05) is 42.9 Å². The van der Waals surface area contributed by atoms with E-state index in [1.54, 1.807) is 10.7 Å². The fourth-order valence-electron chi connectivity index (χ4n) is 2.72. The van der Waals surface area contributed by atoms with Crippen molar-refractivity contribution in [1.82, 2.24) is 25.1 Å². The summed E-state index contributed by atoms with van der Waals surface area (Å²) in [7, 11) is 0. The minimum atomic E-state index is -0.401. The molecule has 0 aromatic carbocycles. The number of hydrogen-bond acceptors (Lipinski definition) is 6. The van der Waals surface area contributed by atoms with E-state index in [0.717, 1.165) is 23.5 Å². The molecule has 2 aromatic heterocycles. The first kappa shape index (κ1) is 17.7. The first-order valence-electron chi connectivity index (χ1n) is 8.47. The highest BCUT2D eigenvalue weighted by Crippen LogP contribution is 2.36. The van der Waals surface area contributed by atoms with Gasteiger partial charge in [-0.25, -0.2) is 14.6 Å². The monoisotopic (exact) mass is 351 g/mol. The molecule has 0 radical (unpaired) electrons. The van der Waals surface area contributed by atoms with Crippen molar-refractivity contribution in [2.24, 2.45) is 10.2 Å².